The maximum absolute atomic E-state index is 10.6. The maximum atomic E-state index is 10.6. The average Bonchev–Trinajstić information content (AvgIpc) is 2.24. The summed E-state index contributed by atoms with van der Waals surface area (Å²) in [6.07, 6.45) is 5.35. The molecule has 0 heterocycles. The van der Waals surface area contributed by atoms with Gasteiger partial charge in [-0.3, -0.25) is 4.79 Å². The summed E-state index contributed by atoms with van der Waals surface area (Å²) in [4.78, 5) is 10.6. The van der Waals surface area contributed by atoms with E-state index in [1.807, 2.05) is 6.07 Å². The summed E-state index contributed by atoms with van der Waals surface area (Å²) in [5.41, 5.74) is 2.06. The predicted octanol–water partition coefficient (Wildman–Crippen LogP) is 2.66. The smallest absolute Gasteiger partial charge is 0.153 e. The summed E-state index contributed by atoms with van der Waals surface area (Å²) >= 11 is 0. The number of aldehydes is 1. The zero-order valence-corrected chi connectivity index (χ0v) is 8.57. The average molecular weight is 202 g/mol. The first-order chi connectivity index (χ1) is 7.24. The minimum absolute atomic E-state index is 0.0595. The lowest BCUT2D eigenvalue weighted by atomic mass is 9.98. The Morgan fingerprint density at radius 3 is 2.40 bits per heavy atom. The van der Waals surface area contributed by atoms with E-state index in [0.29, 0.717) is 24.7 Å². The third kappa shape index (κ3) is 2.34. The molecule has 0 aromatic heterocycles. The Hall–Kier alpha value is -1.83. The third-order valence-electron chi connectivity index (χ3n) is 2.25. The number of hydrogen-bond donors (Lipinski definition) is 1. The van der Waals surface area contributed by atoms with Crippen molar-refractivity contribution in [3.8, 4) is 5.75 Å². The number of rotatable bonds is 5. The minimum atomic E-state index is 0.0595. The quantitative estimate of drug-likeness (QED) is 0.588. The fourth-order valence-corrected chi connectivity index (χ4v) is 1.51. The van der Waals surface area contributed by atoms with Crippen molar-refractivity contribution in [3.05, 3.63) is 54.1 Å². The van der Waals surface area contributed by atoms with E-state index >= 15 is 0 Å². The van der Waals surface area contributed by atoms with Crippen LogP contribution in [0.3, 0.4) is 0 Å². The van der Waals surface area contributed by atoms with Gasteiger partial charge in [0.1, 0.15) is 5.75 Å². The summed E-state index contributed by atoms with van der Waals surface area (Å²) in [6, 6.07) is 3.46. The van der Waals surface area contributed by atoms with Gasteiger partial charge in [-0.05, 0) is 24.5 Å². The molecule has 0 bridgehead atoms. The molecule has 0 saturated heterocycles. The van der Waals surface area contributed by atoms with E-state index in [2.05, 4.69) is 13.2 Å². The monoisotopic (exact) mass is 202 g/mol. The van der Waals surface area contributed by atoms with Crippen LogP contribution in [-0.4, -0.2) is 11.4 Å². The van der Waals surface area contributed by atoms with Crippen molar-refractivity contribution in [1.82, 2.24) is 0 Å². The molecular weight excluding hydrogens is 188 g/mol. The SMILES string of the molecule is C=CCc1ccc(C=O)c(O)c1CC=C. The summed E-state index contributed by atoms with van der Waals surface area (Å²) in [6.45, 7) is 7.28. The van der Waals surface area contributed by atoms with Crippen LogP contribution < -0.4 is 0 Å². The molecule has 1 aromatic rings. The number of hydrogen-bond acceptors (Lipinski definition) is 2. The largest absolute Gasteiger partial charge is 0.507 e. The van der Waals surface area contributed by atoms with E-state index in [0.717, 1.165) is 11.1 Å². The summed E-state index contributed by atoms with van der Waals surface area (Å²) < 4.78 is 0. The zero-order chi connectivity index (χ0) is 11.3. The van der Waals surface area contributed by atoms with Gasteiger partial charge in [0.05, 0.1) is 5.56 Å². The Balaban J connectivity index is 3.28. The van der Waals surface area contributed by atoms with E-state index in [4.69, 9.17) is 0 Å². The van der Waals surface area contributed by atoms with Crippen LogP contribution in [0.25, 0.3) is 0 Å². The van der Waals surface area contributed by atoms with Crippen LogP contribution >= 0.6 is 0 Å². The lowest BCUT2D eigenvalue weighted by Crippen LogP contribution is -1.95. The number of phenols is 1. The van der Waals surface area contributed by atoms with Crippen molar-refractivity contribution in [2.45, 2.75) is 12.8 Å². The number of carbonyl (C=O) groups excluding carboxylic acids is 1. The number of carbonyl (C=O) groups is 1. The van der Waals surface area contributed by atoms with Gasteiger partial charge in [-0.25, -0.2) is 0 Å². The number of allylic oxidation sites excluding steroid dienone is 2. The molecule has 0 unspecified atom stereocenters. The Morgan fingerprint density at radius 1 is 1.20 bits per heavy atom. The Labute approximate surface area is 89.6 Å². The first kappa shape index (κ1) is 11.2. The van der Waals surface area contributed by atoms with Gasteiger partial charge >= 0.3 is 0 Å². The summed E-state index contributed by atoms with van der Waals surface area (Å²) in [7, 11) is 0. The van der Waals surface area contributed by atoms with Gasteiger partial charge in [-0.15, -0.1) is 13.2 Å². The van der Waals surface area contributed by atoms with E-state index in [1.165, 1.54) is 0 Å². The summed E-state index contributed by atoms with van der Waals surface area (Å²) in [5.74, 6) is 0.0595. The predicted molar refractivity (Wildman–Crippen MR) is 61.3 cm³/mol. The molecule has 1 N–H and O–H groups in total. The van der Waals surface area contributed by atoms with Gasteiger partial charge < -0.3 is 5.11 Å². The van der Waals surface area contributed by atoms with Crippen molar-refractivity contribution >= 4 is 6.29 Å². The highest BCUT2D eigenvalue weighted by Gasteiger charge is 2.09. The van der Waals surface area contributed by atoms with Crippen LogP contribution in [0.2, 0.25) is 0 Å². The van der Waals surface area contributed by atoms with E-state index in [9.17, 15) is 9.90 Å². The fourth-order valence-electron chi connectivity index (χ4n) is 1.51. The van der Waals surface area contributed by atoms with Gasteiger partial charge in [0.25, 0.3) is 0 Å². The van der Waals surface area contributed by atoms with Crippen molar-refractivity contribution in [2.75, 3.05) is 0 Å². The Morgan fingerprint density at radius 2 is 1.87 bits per heavy atom. The molecule has 1 aromatic carbocycles. The van der Waals surface area contributed by atoms with Crippen LogP contribution in [0.1, 0.15) is 21.5 Å². The van der Waals surface area contributed by atoms with Gasteiger partial charge in [0.15, 0.2) is 6.29 Å². The van der Waals surface area contributed by atoms with Gasteiger partial charge in [-0.1, -0.05) is 18.2 Å². The second-order valence-corrected chi connectivity index (χ2v) is 3.24. The van der Waals surface area contributed by atoms with Crippen molar-refractivity contribution in [1.29, 1.82) is 0 Å². The molecule has 0 saturated carbocycles. The lowest BCUT2D eigenvalue weighted by molar-refractivity contribution is 0.112. The van der Waals surface area contributed by atoms with Crippen LogP contribution in [0.5, 0.6) is 5.75 Å². The normalized spacial score (nSPS) is 9.60. The van der Waals surface area contributed by atoms with E-state index in [1.54, 1.807) is 18.2 Å². The molecule has 0 atom stereocenters. The van der Waals surface area contributed by atoms with Crippen LogP contribution in [-0.2, 0) is 12.8 Å². The zero-order valence-electron chi connectivity index (χ0n) is 8.57. The molecule has 1 rings (SSSR count). The van der Waals surface area contributed by atoms with Crippen molar-refractivity contribution < 1.29 is 9.90 Å². The molecule has 0 radical (unpaired) electrons. The second-order valence-electron chi connectivity index (χ2n) is 3.24. The molecule has 0 amide bonds. The number of phenolic OH excluding ortho intramolecular Hbond substituents is 1. The maximum Gasteiger partial charge on any atom is 0.153 e. The number of benzene rings is 1. The molecule has 2 heteroatoms. The van der Waals surface area contributed by atoms with E-state index < -0.39 is 0 Å². The molecule has 0 aliphatic rings. The highest BCUT2D eigenvalue weighted by Crippen LogP contribution is 2.26. The second kappa shape index (κ2) is 5.15. The third-order valence-corrected chi connectivity index (χ3v) is 2.25. The Kier molecular flexibility index (Phi) is 3.86. The molecule has 0 aliphatic carbocycles. The van der Waals surface area contributed by atoms with Crippen LogP contribution in [0.15, 0.2) is 37.4 Å². The standard InChI is InChI=1S/C13H14O2/c1-3-5-10-7-8-11(9-14)13(15)12(10)6-4-2/h3-4,7-9,15H,1-2,5-6H2. The molecular formula is C13H14O2. The molecule has 0 spiro atoms. The fraction of sp³-hybridized carbons (Fsp3) is 0.154. The first-order valence-corrected chi connectivity index (χ1v) is 4.75. The summed E-state index contributed by atoms with van der Waals surface area (Å²) in [5, 5.41) is 9.81. The molecule has 2 nitrogen and oxygen atoms in total. The van der Waals surface area contributed by atoms with Crippen molar-refractivity contribution in [3.63, 3.8) is 0 Å². The highest BCUT2D eigenvalue weighted by molar-refractivity contribution is 5.80. The minimum Gasteiger partial charge on any atom is -0.507 e. The van der Waals surface area contributed by atoms with Crippen LogP contribution in [0, 0.1) is 0 Å². The number of aromatic hydroxyl groups is 1. The Bertz CT molecular complexity index is 392. The molecule has 0 fully saturated rings. The lowest BCUT2D eigenvalue weighted by Gasteiger charge is -2.09. The van der Waals surface area contributed by atoms with Gasteiger partial charge in [-0.2, -0.15) is 0 Å². The van der Waals surface area contributed by atoms with E-state index in [-0.39, 0.29) is 5.75 Å². The van der Waals surface area contributed by atoms with Gasteiger partial charge in [0, 0.05) is 5.56 Å². The molecule has 78 valence electrons. The highest BCUT2D eigenvalue weighted by atomic mass is 16.3. The van der Waals surface area contributed by atoms with Crippen LogP contribution in [0.4, 0.5) is 0 Å². The van der Waals surface area contributed by atoms with Crippen molar-refractivity contribution in [2.24, 2.45) is 0 Å². The molecule has 0 aliphatic heterocycles. The first-order valence-electron chi connectivity index (χ1n) is 4.75. The van der Waals surface area contributed by atoms with Gasteiger partial charge in [0.2, 0.25) is 0 Å². The molecule has 15 heavy (non-hydrogen) atoms. The topological polar surface area (TPSA) is 37.3 Å².